The molecule has 0 atom stereocenters. The Morgan fingerprint density at radius 2 is 1.67 bits per heavy atom. The van der Waals surface area contributed by atoms with Crippen LogP contribution in [0.15, 0.2) is 59.1 Å². The number of rotatable bonds is 3. The summed E-state index contributed by atoms with van der Waals surface area (Å²) >= 11 is 9.48. The average molecular weight is 484 g/mol. The first-order valence-corrected chi connectivity index (χ1v) is 10.3. The average Bonchev–Trinajstić information content (AvgIpc) is 2.96. The zero-order chi connectivity index (χ0) is 21.6. The summed E-state index contributed by atoms with van der Waals surface area (Å²) in [6.45, 7) is 3.75. The van der Waals surface area contributed by atoms with Gasteiger partial charge in [0.1, 0.15) is 0 Å². The highest BCUT2D eigenvalue weighted by Gasteiger charge is 2.37. The Hall–Kier alpha value is -2.96. The smallest absolute Gasteiger partial charge is 0.266 e. The Labute approximate surface area is 186 Å². The summed E-state index contributed by atoms with van der Waals surface area (Å²) < 4.78 is 0.790. The molecular weight excluding hydrogens is 468 g/mol. The number of carbonyl (C=O) groups is 3. The molecule has 1 aliphatic heterocycles. The van der Waals surface area contributed by atoms with E-state index in [0.29, 0.717) is 16.4 Å². The van der Waals surface area contributed by atoms with Gasteiger partial charge in [-0.05, 0) is 67.4 Å². The number of fused-ring (bicyclic) bond motifs is 1. The standard InChI is InChI=1S/C23H16BrClN2O3/c1-12-3-4-13(2)20(9-12)27-22(29)16-7-5-14(10-17(16)23(27)30)21(28)26-19-8-6-15(24)11-18(19)25/h3-11H,1-2H3,(H,26,28). The number of hydrogen-bond acceptors (Lipinski definition) is 3. The molecular formula is C23H16BrClN2O3. The molecule has 0 aliphatic carbocycles. The molecule has 7 heteroatoms. The first-order valence-electron chi connectivity index (χ1n) is 9.13. The van der Waals surface area contributed by atoms with Crippen LogP contribution in [0.5, 0.6) is 0 Å². The van der Waals surface area contributed by atoms with Gasteiger partial charge in [-0.2, -0.15) is 0 Å². The van der Waals surface area contributed by atoms with Gasteiger partial charge in [0.15, 0.2) is 0 Å². The van der Waals surface area contributed by atoms with Gasteiger partial charge in [0.25, 0.3) is 17.7 Å². The number of nitrogens with zero attached hydrogens (tertiary/aromatic N) is 1. The molecule has 1 heterocycles. The van der Waals surface area contributed by atoms with E-state index in [-0.39, 0.29) is 16.7 Å². The molecule has 1 aliphatic rings. The van der Waals surface area contributed by atoms with Gasteiger partial charge in [-0.3, -0.25) is 14.4 Å². The van der Waals surface area contributed by atoms with Crippen LogP contribution in [-0.2, 0) is 0 Å². The van der Waals surface area contributed by atoms with Crippen molar-refractivity contribution in [3.05, 3.63) is 91.9 Å². The normalized spacial score (nSPS) is 12.9. The first kappa shape index (κ1) is 20.3. The molecule has 0 bridgehead atoms. The summed E-state index contributed by atoms with van der Waals surface area (Å²) in [5, 5.41) is 3.11. The third-order valence-electron chi connectivity index (χ3n) is 4.93. The fourth-order valence-corrected chi connectivity index (χ4v) is 4.07. The van der Waals surface area contributed by atoms with E-state index in [1.807, 2.05) is 26.0 Å². The number of anilines is 2. The third-order valence-corrected chi connectivity index (χ3v) is 5.74. The Morgan fingerprint density at radius 3 is 2.40 bits per heavy atom. The van der Waals surface area contributed by atoms with Crippen molar-refractivity contribution in [2.75, 3.05) is 10.2 Å². The van der Waals surface area contributed by atoms with Crippen molar-refractivity contribution in [3.8, 4) is 0 Å². The molecule has 5 nitrogen and oxygen atoms in total. The summed E-state index contributed by atoms with van der Waals surface area (Å²) in [5.74, 6) is -1.26. The largest absolute Gasteiger partial charge is 0.321 e. The van der Waals surface area contributed by atoms with Crippen LogP contribution in [-0.4, -0.2) is 17.7 Å². The fourth-order valence-electron chi connectivity index (χ4n) is 3.35. The van der Waals surface area contributed by atoms with Gasteiger partial charge >= 0.3 is 0 Å². The molecule has 30 heavy (non-hydrogen) atoms. The Kier molecular flexibility index (Phi) is 5.22. The summed E-state index contributed by atoms with van der Waals surface area (Å²) in [7, 11) is 0. The van der Waals surface area contributed by atoms with E-state index in [0.717, 1.165) is 15.6 Å². The molecule has 0 saturated heterocycles. The third kappa shape index (κ3) is 3.53. The van der Waals surface area contributed by atoms with Crippen LogP contribution in [0.25, 0.3) is 0 Å². The minimum atomic E-state index is -0.444. The molecule has 0 aromatic heterocycles. The summed E-state index contributed by atoms with van der Waals surface area (Å²) in [6.07, 6.45) is 0. The molecule has 0 unspecified atom stereocenters. The number of imide groups is 1. The molecule has 0 radical (unpaired) electrons. The van der Waals surface area contributed by atoms with Crippen molar-refractivity contribution >= 4 is 56.6 Å². The molecule has 0 spiro atoms. The molecule has 4 rings (SSSR count). The Balaban J connectivity index is 1.66. The van der Waals surface area contributed by atoms with E-state index in [1.54, 1.807) is 24.3 Å². The monoisotopic (exact) mass is 482 g/mol. The van der Waals surface area contributed by atoms with Crippen molar-refractivity contribution in [1.29, 1.82) is 0 Å². The number of aryl methyl sites for hydroxylation is 2. The van der Waals surface area contributed by atoms with Gasteiger partial charge in [-0.1, -0.05) is 39.7 Å². The minimum Gasteiger partial charge on any atom is -0.321 e. The fraction of sp³-hybridized carbons (Fsp3) is 0.0870. The van der Waals surface area contributed by atoms with E-state index in [2.05, 4.69) is 21.2 Å². The molecule has 0 saturated carbocycles. The van der Waals surface area contributed by atoms with Crippen molar-refractivity contribution in [2.24, 2.45) is 0 Å². The van der Waals surface area contributed by atoms with E-state index in [1.165, 1.54) is 23.1 Å². The molecule has 3 aromatic rings. The maximum atomic E-state index is 13.0. The van der Waals surface area contributed by atoms with Gasteiger partial charge in [-0.15, -0.1) is 0 Å². The van der Waals surface area contributed by atoms with E-state index < -0.39 is 17.7 Å². The van der Waals surface area contributed by atoms with Crippen molar-refractivity contribution in [3.63, 3.8) is 0 Å². The van der Waals surface area contributed by atoms with E-state index in [9.17, 15) is 14.4 Å². The van der Waals surface area contributed by atoms with Crippen LogP contribution < -0.4 is 10.2 Å². The molecule has 3 aromatic carbocycles. The summed E-state index contributed by atoms with van der Waals surface area (Å²) in [6, 6.07) is 15.2. The first-order chi connectivity index (χ1) is 14.3. The molecule has 3 amide bonds. The topological polar surface area (TPSA) is 66.5 Å². The Morgan fingerprint density at radius 1 is 0.933 bits per heavy atom. The number of nitrogens with one attached hydrogen (secondary N) is 1. The number of hydrogen-bond donors (Lipinski definition) is 1. The van der Waals surface area contributed by atoms with Crippen LogP contribution in [0, 0.1) is 13.8 Å². The lowest BCUT2D eigenvalue weighted by atomic mass is 10.1. The highest BCUT2D eigenvalue weighted by Crippen LogP contribution is 2.32. The zero-order valence-corrected chi connectivity index (χ0v) is 18.5. The maximum absolute atomic E-state index is 13.0. The second-order valence-corrected chi connectivity index (χ2v) is 8.40. The van der Waals surface area contributed by atoms with Crippen LogP contribution in [0.2, 0.25) is 5.02 Å². The SMILES string of the molecule is Cc1ccc(C)c(N2C(=O)c3ccc(C(=O)Nc4ccc(Br)cc4Cl)cc3C2=O)c1. The van der Waals surface area contributed by atoms with Gasteiger partial charge in [0.2, 0.25) is 0 Å². The van der Waals surface area contributed by atoms with Gasteiger partial charge < -0.3 is 5.32 Å². The second kappa shape index (κ2) is 7.70. The van der Waals surface area contributed by atoms with Gasteiger partial charge in [0.05, 0.1) is 27.5 Å². The minimum absolute atomic E-state index is 0.204. The molecule has 1 N–H and O–H groups in total. The quantitative estimate of drug-likeness (QED) is 0.481. The van der Waals surface area contributed by atoms with E-state index >= 15 is 0 Å². The Bertz CT molecular complexity index is 1240. The number of carbonyl (C=O) groups excluding carboxylic acids is 3. The predicted molar refractivity (Wildman–Crippen MR) is 121 cm³/mol. The zero-order valence-electron chi connectivity index (χ0n) is 16.1. The molecule has 150 valence electrons. The second-order valence-electron chi connectivity index (χ2n) is 7.07. The lowest BCUT2D eigenvalue weighted by molar-refractivity contribution is 0.0925. The number of amides is 3. The lowest BCUT2D eigenvalue weighted by Gasteiger charge is -2.17. The van der Waals surface area contributed by atoms with Crippen LogP contribution >= 0.6 is 27.5 Å². The van der Waals surface area contributed by atoms with Crippen molar-refractivity contribution < 1.29 is 14.4 Å². The van der Waals surface area contributed by atoms with E-state index in [4.69, 9.17) is 11.6 Å². The summed E-state index contributed by atoms with van der Waals surface area (Å²) in [4.78, 5) is 39.8. The highest BCUT2D eigenvalue weighted by molar-refractivity contribution is 9.10. The number of benzene rings is 3. The van der Waals surface area contributed by atoms with Crippen molar-refractivity contribution in [2.45, 2.75) is 13.8 Å². The van der Waals surface area contributed by atoms with Crippen LogP contribution in [0.4, 0.5) is 11.4 Å². The molecule has 0 fully saturated rings. The predicted octanol–water partition coefficient (Wildman–Crippen LogP) is 5.77. The summed E-state index contributed by atoms with van der Waals surface area (Å²) in [5.41, 5.74) is 3.50. The van der Waals surface area contributed by atoms with Crippen molar-refractivity contribution in [1.82, 2.24) is 0 Å². The number of halogens is 2. The highest BCUT2D eigenvalue weighted by atomic mass is 79.9. The van der Waals surface area contributed by atoms with Gasteiger partial charge in [-0.25, -0.2) is 4.90 Å². The van der Waals surface area contributed by atoms with Crippen LogP contribution in [0.3, 0.4) is 0 Å². The lowest BCUT2D eigenvalue weighted by Crippen LogP contribution is -2.30. The maximum Gasteiger partial charge on any atom is 0.266 e. The van der Waals surface area contributed by atoms with Crippen LogP contribution in [0.1, 0.15) is 42.2 Å². The van der Waals surface area contributed by atoms with Gasteiger partial charge in [0, 0.05) is 10.0 Å².